The SMILES string of the molecule is C=CC(=O)N1CCC(CN2CCNCC2)C1. The number of carbonyl (C=O) groups is 1. The molecule has 0 aromatic heterocycles. The maximum Gasteiger partial charge on any atom is 0.245 e. The van der Waals surface area contributed by atoms with Gasteiger partial charge >= 0.3 is 0 Å². The number of nitrogens with zero attached hydrogens (tertiary/aromatic N) is 2. The standard InChI is InChI=1S/C12H21N3O/c1-2-12(16)15-6-3-11(10-15)9-14-7-4-13-5-8-14/h2,11,13H,1,3-10H2. The van der Waals surface area contributed by atoms with E-state index in [9.17, 15) is 4.79 Å². The average molecular weight is 223 g/mol. The summed E-state index contributed by atoms with van der Waals surface area (Å²) in [6, 6.07) is 0. The smallest absolute Gasteiger partial charge is 0.245 e. The van der Waals surface area contributed by atoms with Crippen molar-refractivity contribution in [3.8, 4) is 0 Å². The molecular weight excluding hydrogens is 202 g/mol. The van der Waals surface area contributed by atoms with Crippen LogP contribution < -0.4 is 5.32 Å². The van der Waals surface area contributed by atoms with Crippen LogP contribution in [0.2, 0.25) is 0 Å². The van der Waals surface area contributed by atoms with Crippen LogP contribution in [0.5, 0.6) is 0 Å². The van der Waals surface area contributed by atoms with Crippen LogP contribution >= 0.6 is 0 Å². The second-order valence-corrected chi connectivity index (χ2v) is 4.69. The molecule has 4 heteroatoms. The van der Waals surface area contributed by atoms with E-state index in [1.807, 2.05) is 4.90 Å². The normalized spacial score (nSPS) is 27.0. The van der Waals surface area contributed by atoms with Crippen LogP contribution in [0.1, 0.15) is 6.42 Å². The summed E-state index contributed by atoms with van der Waals surface area (Å²) in [4.78, 5) is 15.9. The van der Waals surface area contributed by atoms with Crippen molar-refractivity contribution in [2.75, 3.05) is 45.8 Å². The van der Waals surface area contributed by atoms with Crippen molar-refractivity contribution in [1.82, 2.24) is 15.1 Å². The Hall–Kier alpha value is -0.870. The van der Waals surface area contributed by atoms with Crippen LogP contribution in [0.4, 0.5) is 0 Å². The zero-order chi connectivity index (χ0) is 11.4. The van der Waals surface area contributed by atoms with E-state index in [1.54, 1.807) is 0 Å². The zero-order valence-electron chi connectivity index (χ0n) is 9.82. The van der Waals surface area contributed by atoms with E-state index >= 15 is 0 Å². The second-order valence-electron chi connectivity index (χ2n) is 4.69. The Kier molecular flexibility index (Phi) is 3.96. The van der Waals surface area contributed by atoms with Crippen LogP contribution in [0, 0.1) is 5.92 Å². The van der Waals surface area contributed by atoms with E-state index in [4.69, 9.17) is 0 Å². The molecule has 0 aromatic rings. The topological polar surface area (TPSA) is 35.6 Å². The molecule has 2 fully saturated rings. The fourth-order valence-corrected chi connectivity index (χ4v) is 2.57. The number of rotatable bonds is 3. The van der Waals surface area contributed by atoms with Gasteiger partial charge in [0.05, 0.1) is 0 Å². The molecule has 0 radical (unpaired) electrons. The quantitative estimate of drug-likeness (QED) is 0.680. The number of likely N-dealkylation sites (tertiary alicyclic amines) is 1. The minimum atomic E-state index is 0.0859. The number of amides is 1. The Morgan fingerprint density at radius 2 is 2.12 bits per heavy atom. The molecule has 0 aliphatic carbocycles. The van der Waals surface area contributed by atoms with E-state index in [0.29, 0.717) is 5.92 Å². The third kappa shape index (κ3) is 2.83. The predicted octanol–water partition coefficient (Wildman–Crippen LogP) is -0.0739. The molecule has 1 atom stereocenters. The Balaban J connectivity index is 1.75. The van der Waals surface area contributed by atoms with Gasteiger partial charge in [-0.05, 0) is 18.4 Å². The summed E-state index contributed by atoms with van der Waals surface area (Å²) in [5, 5.41) is 3.36. The highest BCUT2D eigenvalue weighted by Gasteiger charge is 2.26. The second kappa shape index (κ2) is 5.46. The monoisotopic (exact) mass is 223 g/mol. The lowest BCUT2D eigenvalue weighted by Gasteiger charge is -2.29. The van der Waals surface area contributed by atoms with Crippen molar-refractivity contribution in [1.29, 1.82) is 0 Å². The Morgan fingerprint density at radius 3 is 2.81 bits per heavy atom. The fourth-order valence-electron chi connectivity index (χ4n) is 2.57. The van der Waals surface area contributed by atoms with Crippen molar-refractivity contribution in [2.24, 2.45) is 5.92 Å². The summed E-state index contributed by atoms with van der Waals surface area (Å²) in [6.07, 6.45) is 2.57. The van der Waals surface area contributed by atoms with E-state index in [-0.39, 0.29) is 5.91 Å². The fraction of sp³-hybridized carbons (Fsp3) is 0.750. The highest BCUT2D eigenvalue weighted by molar-refractivity contribution is 5.87. The Bertz CT molecular complexity index is 261. The maximum absolute atomic E-state index is 11.4. The number of hydrogen-bond donors (Lipinski definition) is 1. The van der Waals surface area contributed by atoms with Gasteiger partial charge in [-0.15, -0.1) is 0 Å². The third-order valence-electron chi connectivity index (χ3n) is 3.50. The van der Waals surface area contributed by atoms with Gasteiger partial charge in [-0.1, -0.05) is 6.58 Å². The summed E-state index contributed by atoms with van der Waals surface area (Å²) in [7, 11) is 0. The molecule has 0 aromatic carbocycles. The number of nitrogens with one attached hydrogen (secondary N) is 1. The Labute approximate surface area is 97.3 Å². The van der Waals surface area contributed by atoms with Gasteiger partial charge in [-0.2, -0.15) is 0 Å². The zero-order valence-corrected chi connectivity index (χ0v) is 9.82. The first-order chi connectivity index (χ1) is 7.79. The number of piperazine rings is 1. The molecule has 2 heterocycles. The molecular formula is C12H21N3O. The van der Waals surface area contributed by atoms with Gasteiger partial charge in [-0.3, -0.25) is 4.79 Å². The Morgan fingerprint density at radius 1 is 1.38 bits per heavy atom. The molecule has 1 unspecified atom stereocenters. The van der Waals surface area contributed by atoms with Crippen molar-refractivity contribution in [3.63, 3.8) is 0 Å². The first-order valence-corrected chi connectivity index (χ1v) is 6.14. The van der Waals surface area contributed by atoms with E-state index in [2.05, 4.69) is 16.8 Å². The highest BCUT2D eigenvalue weighted by atomic mass is 16.2. The molecule has 90 valence electrons. The summed E-state index contributed by atoms with van der Waals surface area (Å²) in [5.41, 5.74) is 0. The largest absolute Gasteiger partial charge is 0.339 e. The number of hydrogen-bond acceptors (Lipinski definition) is 3. The van der Waals surface area contributed by atoms with E-state index in [1.165, 1.54) is 6.08 Å². The molecule has 16 heavy (non-hydrogen) atoms. The van der Waals surface area contributed by atoms with Gasteiger partial charge in [0.2, 0.25) is 5.91 Å². The van der Waals surface area contributed by atoms with E-state index in [0.717, 1.165) is 52.2 Å². The third-order valence-corrected chi connectivity index (χ3v) is 3.50. The van der Waals surface area contributed by atoms with Crippen molar-refractivity contribution in [2.45, 2.75) is 6.42 Å². The van der Waals surface area contributed by atoms with Gasteiger partial charge < -0.3 is 15.1 Å². The van der Waals surface area contributed by atoms with Gasteiger partial charge in [0.15, 0.2) is 0 Å². The highest BCUT2D eigenvalue weighted by Crippen LogP contribution is 2.17. The van der Waals surface area contributed by atoms with Crippen LogP contribution in [0.3, 0.4) is 0 Å². The first-order valence-electron chi connectivity index (χ1n) is 6.14. The lowest BCUT2D eigenvalue weighted by atomic mass is 10.1. The maximum atomic E-state index is 11.4. The summed E-state index contributed by atoms with van der Waals surface area (Å²) in [6.45, 7) is 11.0. The van der Waals surface area contributed by atoms with Crippen LogP contribution in [0.15, 0.2) is 12.7 Å². The van der Waals surface area contributed by atoms with Crippen LogP contribution in [0.25, 0.3) is 0 Å². The molecule has 2 aliphatic rings. The predicted molar refractivity (Wildman–Crippen MR) is 64.2 cm³/mol. The minimum absolute atomic E-state index is 0.0859. The lowest BCUT2D eigenvalue weighted by Crippen LogP contribution is -2.45. The molecule has 1 N–H and O–H groups in total. The van der Waals surface area contributed by atoms with Gasteiger partial charge in [0.1, 0.15) is 0 Å². The molecule has 0 saturated carbocycles. The molecule has 1 amide bonds. The molecule has 2 aliphatic heterocycles. The summed E-state index contributed by atoms with van der Waals surface area (Å²) < 4.78 is 0. The lowest BCUT2D eigenvalue weighted by molar-refractivity contribution is -0.125. The molecule has 4 nitrogen and oxygen atoms in total. The molecule has 0 bridgehead atoms. The minimum Gasteiger partial charge on any atom is -0.339 e. The van der Waals surface area contributed by atoms with Gasteiger partial charge in [0.25, 0.3) is 0 Å². The van der Waals surface area contributed by atoms with Crippen molar-refractivity contribution in [3.05, 3.63) is 12.7 Å². The summed E-state index contributed by atoms with van der Waals surface area (Å²) in [5.74, 6) is 0.741. The summed E-state index contributed by atoms with van der Waals surface area (Å²) >= 11 is 0. The van der Waals surface area contributed by atoms with Gasteiger partial charge in [-0.25, -0.2) is 0 Å². The van der Waals surface area contributed by atoms with Crippen LogP contribution in [-0.2, 0) is 4.79 Å². The average Bonchev–Trinajstić information content (AvgIpc) is 2.78. The van der Waals surface area contributed by atoms with Gasteiger partial charge in [0, 0.05) is 45.8 Å². The van der Waals surface area contributed by atoms with E-state index < -0.39 is 0 Å². The molecule has 2 saturated heterocycles. The van der Waals surface area contributed by atoms with Crippen LogP contribution in [-0.4, -0.2) is 61.5 Å². The molecule has 0 spiro atoms. The number of carbonyl (C=O) groups excluding carboxylic acids is 1. The molecule has 2 rings (SSSR count). The van der Waals surface area contributed by atoms with Crippen molar-refractivity contribution < 1.29 is 4.79 Å². The van der Waals surface area contributed by atoms with Crippen molar-refractivity contribution >= 4 is 5.91 Å². The first kappa shape index (κ1) is 11.6.